The molecule has 3 rings (SSSR count). The Morgan fingerprint density at radius 3 is 2.52 bits per heavy atom. The van der Waals surface area contributed by atoms with Crippen molar-refractivity contribution < 1.29 is 13.2 Å². The van der Waals surface area contributed by atoms with Gasteiger partial charge in [-0.2, -0.15) is 5.10 Å². The summed E-state index contributed by atoms with van der Waals surface area (Å²) in [6.45, 7) is 0. The maximum absolute atomic E-state index is 12.4. The van der Waals surface area contributed by atoms with Crippen molar-refractivity contribution >= 4 is 27.3 Å². The zero-order chi connectivity index (χ0) is 16.4. The first-order valence-electron chi connectivity index (χ1n) is 7.25. The Hall–Kier alpha value is -1.86. The van der Waals surface area contributed by atoms with Crippen LogP contribution < -0.4 is 5.32 Å². The molecule has 6 nitrogen and oxygen atoms in total. The Labute approximate surface area is 139 Å². The Kier molecular flexibility index (Phi) is 4.41. The second-order valence-corrected chi connectivity index (χ2v) is 8.31. The zero-order valence-corrected chi connectivity index (χ0v) is 13.8. The van der Waals surface area contributed by atoms with Gasteiger partial charge in [-0.05, 0) is 25.0 Å². The lowest BCUT2D eigenvalue weighted by Crippen LogP contribution is -2.40. The summed E-state index contributed by atoms with van der Waals surface area (Å²) in [5, 5.41) is 10.3. The highest BCUT2D eigenvalue weighted by Gasteiger charge is 2.26. The fraction of sp³-hybridized carbons (Fsp3) is 0.333. The molecule has 122 valence electrons. The quantitative estimate of drug-likeness (QED) is 0.883. The van der Waals surface area contributed by atoms with Gasteiger partial charge in [-0.3, -0.25) is 9.89 Å². The van der Waals surface area contributed by atoms with Crippen molar-refractivity contribution in [1.82, 2.24) is 15.5 Å². The maximum atomic E-state index is 12.4. The van der Waals surface area contributed by atoms with Crippen LogP contribution >= 0.6 is 11.6 Å². The average molecular weight is 354 g/mol. The van der Waals surface area contributed by atoms with Crippen LogP contribution in [-0.4, -0.2) is 42.1 Å². The van der Waals surface area contributed by atoms with E-state index in [2.05, 4.69) is 15.5 Å². The molecule has 0 bridgehead atoms. The first-order valence-corrected chi connectivity index (χ1v) is 9.45. The van der Waals surface area contributed by atoms with Gasteiger partial charge in [-0.15, -0.1) is 0 Å². The number of benzene rings is 1. The van der Waals surface area contributed by atoms with Crippen LogP contribution in [0.15, 0.2) is 30.5 Å². The van der Waals surface area contributed by atoms with E-state index in [0.717, 1.165) is 5.56 Å². The molecule has 23 heavy (non-hydrogen) atoms. The molecule has 2 N–H and O–H groups in total. The van der Waals surface area contributed by atoms with Crippen molar-refractivity contribution in [3.05, 3.63) is 41.0 Å². The Balaban J connectivity index is 1.74. The molecule has 2 aromatic rings. The number of H-pyrrole nitrogens is 1. The molecule has 1 aliphatic rings. The third kappa shape index (κ3) is 3.73. The molecule has 1 amide bonds. The third-order valence-electron chi connectivity index (χ3n) is 3.91. The van der Waals surface area contributed by atoms with E-state index in [9.17, 15) is 13.2 Å². The van der Waals surface area contributed by atoms with Gasteiger partial charge < -0.3 is 5.32 Å². The number of aromatic nitrogens is 2. The van der Waals surface area contributed by atoms with Crippen LogP contribution in [0, 0.1) is 0 Å². The smallest absolute Gasteiger partial charge is 0.255 e. The number of carbonyl (C=O) groups is 1. The van der Waals surface area contributed by atoms with E-state index in [1.807, 2.05) is 0 Å². The van der Waals surface area contributed by atoms with Crippen molar-refractivity contribution in [2.24, 2.45) is 0 Å². The summed E-state index contributed by atoms with van der Waals surface area (Å²) in [5.74, 6) is -0.0196. The molecule has 8 heteroatoms. The van der Waals surface area contributed by atoms with Crippen LogP contribution in [0.2, 0.25) is 5.02 Å². The number of nitrogens with zero attached hydrogens (tertiary/aromatic N) is 1. The van der Waals surface area contributed by atoms with Crippen LogP contribution in [-0.2, 0) is 9.84 Å². The van der Waals surface area contributed by atoms with Crippen LogP contribution in [0.25, 0.3) is 11.3 Å². The normalized spacial score (nSPS) is 17.8. The molecule has 2 heterocycles. The molecular weight excluding hydrogens is 338 g/mol. The van der Waals surface area contributed by atoms with E-state index >= 15 is 0 Å². The summed E-state index contributed by atoms with van der Waals surface area (Å²) >= 11 is 5.87. The Bertz CT molecular complexity index is 801. The predicted octanol–water partition coefficient (Wildman–Crippen LogP) is 2.04. The van der Waals surface area contributed by atoms with E-state index in [-0.39, 0.29) is 23.5 Å². The molecule has 0 spiro atoms. The largest absolute Gasteiger partial charge is 0.349 e. The Morgan fingerprint density at radius 2 is 1.87 bits per heavy atom. The van der Waals surface area contributed by atoms with E-state index in [1.54, 1.807) is 24.3 Å². The molecule has 1 aliphatic heterocycles. The van der Waals surface area contributed by atoms with Crippen LogP contribution in [0.5, 0.6) is 0 Å². The van der Waals surface area contributed by atoms with Crippen LogP contribution in [0.4, 0.5) is 0 Å². The van der Waals surface area contributed by atoms with E-state index in [4.69, 9.17) is 11.6 Å². The van der Waals surface area contributed by atoms with Gasteiger partial charge in [0, 0.05) is 16.6 Å². The number of aromatic amines is 1. The minimum Gasteiger partial charge on any atom is -0.349 e. The fourth-order valence-corrected chi connectivity index (χ4v) is 4.21. The molecule has 1 fully saturated rings. The van der Waals surface area contributed by atoms with E-state index in [0.29, 0.717) is 29.1 Å². The van der Waals surface area contributed by atoms with Gasteiger partial charge in [0.1, 0.15) is 9.84 Å². The summed E-state index contributed by atoms with van der Waals surface area (Å²) in [6, 6.07) is 6.97. The van der Waals surface area contributed by atoms with Gasteiger partial charge in [-0.1, -0.05) is 23.7 Å². The minimum absolute atomic E-state index is 0.118. The van der Waals surface area contributed by atoms with Gasteiger partial charge >= 0.3 is 0 Å². The highest BCUT2D eigenvalue weighted by atomic mass is 35.5. The molecule has 0 unspecified atom stereocenters. The number of nitrogens with one attached hydrogen (secondary N) is 2. The summed E-state index contributed by atoms with van der Waals surface area (Å²) in [6.07, 6.45) is 2.36. The Morgan fingerprint density at radius 1 is 1.22 bits per heavy atom. The predicted molar refractivity (Wildman–Crippen MR) is 88.2 cm³/mol. The van der Waals surface area contributed by atoms with Crippen molar-refractivity contribution in [2.75, 3.05) is 11.5 Å². The highest BCUT2D eigenvalue weighted by Crippen LogP contribution is 2.23. The lowest BCUT2D eigenvalue weighted by Gasteiger charge is -2.22. The highest BCUT2D eigenvalue weighted by molar-refractivity contribution is 7.91. The second kappa shape index (κ2) is 6.33. The molecule has 0 aliphatic carbocycles. The first kappa shape index (κ1) is 16.0. The summed E-state index contributed by atoms with van der Waals surface area (Å²) in [7, 11) is -2.94. The maximum Gasteiger partial charge on any atom is 0.255 e. The molecular formula is C15H16ClN3O3S. The van der Waals surface area contributed by atoms with Gasteiger partial charge in [0.15, 0.2) is 0 Å². The molecule has 0 atom stereocenters. The number of rotatable bonds is 3. The SMILES string of the molecule is O=C(NC1CCS(=O)(=O)CC1)c1cn[nH]c1-c1ccc(Cl)cc1. The number of hydrogen-bond acceptors (Lipinski definition) is 4. The zero-order valence-electron chi connectivity index (χ0n) is 12.3. The van der Waals surface area contributed by atoms with E-state index in [1.165, 1.54) is 6.20 Å². The lowest BCUT2D eigenvalue weighted by atomic mass is 10.1. The summed E-state index contributed by atoms with van der Waals surface area (Å²) < 4.78 is 22.9. The molecule has 1 aromatic carbocycles. The molecule has 1 saturated heterocycles. The van der Waals surface area contributed by atoms with E-state index < -0.39 is 9.84 Å². The van der Waals surface area contributed by atoms with Gasteiger partial charge in [0.25, 0.3) is 5.91 Å². The molecule has 1 aromatic heterocycles. The second-order valence-electron chi connectivity index (χ2n) is 5.57. The number of amides is 1. The standard InChI is InChI=1S/C15H16ClN3O3S/c16-11-3-1-10(2-4-11)14-13(9-17-19-14)15(20)18-12-5-7-23(21,22)8-6-12/h1-4,9,12H,5-8H2,(H,17,19)(H,18,20). The van der Waals surface area contributed by atoms with Crippen LogP contribution in [0.3, 0.4) is 0 Å². The van der Waals surface area contributed by atoms with Gasteiger partial charge in [-0.25, -0.2) is 8.42 Å². The average Bonchev–Trinajstić information content (AvgIpc) is 3.00. The topological polar surface area (TPSA) is 91.9 Å². The van der Waals surface area contributed by atoms with Crippen molar-refractivity contribution in [1.29, 1.82) is 0 Å². The lowest BCUT2D eigenvalue weighted by molar-refractivity contribution is 0.0935. The monoisotopic (exact) mass is 353 g/mol. The summed E-state index contributed by atoms with van der Waals surface area (Å²) in [4.78, 5) is 12.4. The number of sulfone groups is 1. The number of carbonyl (C=O) groups excluding carboxylic acids is 1. The van der Waals surface area contributed by atoms with Crippen molar-refractivity contribution in [3.63, 3.8) is 0 Å². The van der Waals surface area contributed by atoms with Gasteiger partial charge in [0.05, 0.1) is 29.0 Å². The molecule has 0 radical (unpaired) electrons. The van der Waals surface area contributed by atoms with Crippen molar-refractivity contribution in [3.8, 4) is 11.3 Å². The number of halogens is 1. The first-order chi connectivity index (χ1) is 10.9. The minimum atomic E-state index is -2.94. The van der Waals surface area contributed by atoms with Crippen molar-refractivity contribution in [2.45, 2.75) is 18.9 Å². The fourth-order valence-electron chi connectivity index (χ4n) is 2.59. The van der Waals surface area contributed by atoms with Gasteiger partial charge in [0.2, 0.25) is 0 Å². The number of hydrogen-bond donors (Lipinski definition) is 2. The third-order valence-corrected chi connectivity index (χ3v) is 5.87. The summed E-state index contributed by atoms with van der Waals surface area (Å²) in [5.41, 5.74) is 1.85. The molecule has 0 saturated carbocycles. The van der Waals surface area contributed by atoms with Crippen LogP contribution in [0.1, 0.15) is 23.2 Å².